The van der Waals surface area contributed by atoms with Crippen molar-refractivity contribution in [3.8, 4) is 0 Å². The summed E-state index contributed by atoms with van der Waals surface area (Å²) in [7, 11) is -3.89. The number of aromatic nitrogens is 1. The third-order valence-corrected chi connectivity index (χ3v) is 7.41. The molecule has 1 aliphatic heterocycles. The molecule has 0 unspecified atom stereocenters. The lowest BCUT2D eigenvalue weighted by Crippen LogP contribution is -2.28. The van der Waals surface area contributed by atoms with Crippen LogP contribution in [0.15, 0.2) is 58.9 Å². The molecule has 152 valence electrons. The molecule has 0 aliphatic carbocycles. The highest BCUT2D eigenvalue weighted by atomic mass is 32.2. The van der Waals surface area contributed by atoms with E-state index in [0.717, 1.165) is 16.2 Å². The van der Waals surface area contributed by atoms with Crippen LogP contribution in [0.25, 0.3) is 0 Å². The van der Waals surface area contributed by atoms with Crippen molar-refractivity contribution in [2.75, 3.05) is 4.72 Å². The number of amides is 2. The van der Waals surface area contributed by atoms with Gasteiger partial charge >= 0.3 is 0 Å². The van der Waals surface area contributed by atoms with Crippen LogP contribution in [0.1, 0.15) is 43.0 Å². The molecule has 0 fully saturated rings. The van der Waals surface area contributed by atoms with Gasteiger partial charge in [0.2, 0.25) is 0 Å². The first kappa shape index (κ1) is 19.9. The number of sulfonamides is 1. The maximum atomic E-state index is 12.7. The minimum absolute atomic E-state index is 0.0282. The second kappa shape index (κ2) is 7.47. The monoisotopic (exact) mass is 441 g/mol. The van der Waals surface area contributed by atoms with E-state index in [4.69, 9.17) is 0 Å². The van der Waals surface area contributed by atoms with Crippen molar-refractivity contribution in [3.63, 3.8) is 0 Å². The van der Waals surface area contributed by atoms with Crippen LogP contribution in [0.4, 0.5) is 5.69 Å². The van der Waals surface area contributed by atoms with Gasteiger partial charge in [-0.2, -0.15) is 0 Å². The Morgan fingerprint density at radius 2 is 1.90 bits per heavy atom. The molecule has 10 heteroatoms. The fraction of sp³-hybridized carbons (Fsp3) is 0.100. The van der Waals surface area contributed by atoms with Gasteiger partial charge in [-0.25, -0.2) is 8.42 Å². The molecule has 0 radical (unpaired) electrons. The van der Waals surface area contributed by atoms with Gasteiger partial charge in [-0.05, 0) is 43.3 Å². The van der Waals surface area contributed by atoms with Gasteiger partial charge < -0.3 is 0 Å². The van der Waals surface area contributed by atoms with Crippen molar-refractivity contribution < 1.29 is 22.8 Å². The van der Waals surface area contributed by atoms with Gasteiger partial charge in [-0.1, -0.05) is 12.1 Å². The number of hydrogen-bond donors (Lipinski definition) is 1. The molecule has 0 saturated carbocycles. The average Bonchev–Trinajstić information content (AvgIpc) is 3.28. The van der Waals surface area contributed by atoms with Gasteiger partial charge in [0.1, 0.15) is 9.90 Å². The summed E-state index contributed by atoms with van der Waals surface area (Å²) >= 11 is 0.955. The Morgan fingerprint density at radius 3 is 2.63 bits per heavy atom. The van der Waals surface area contributed by atoms with Crippen LogP contribution in [0.3, 0.4) is 0 Å². The molecule has 1 aliphatic rings. The standard InChI is InChI=1S/C20H15N3O5S2/c1-12(24)13-4-2-5-14(10-13)22-30(27,28)17-8-7-15(29-17)11-23-19(25)16-6-3-9-21-18(16)20(23)26/h2-10,22H,11H2,1H3. The molecule has 4 rings (SSSR count). The predicted octanol–water partition coefficient (Wildman–Crippen LogP) is 2.94. The minimum Gasteiger partial charge on any atom is -0.295 e. The molecule has 1 aromatic carbocycles. The zero-order valence-corrected chi connectivity index (χ0v) is 17.3. The molecule has 0 saturated heterocycles. The first-order valence-corrected chi connectivity index (χ1v) is 11.1. The zero-order chi connectivity index (χ0) is 21.5. The van der Waals surface area contributed by atoms with Crippen molar-refractivity contribution in [3.05, 3.63) is 76.4 Å². The Balaban J connectivity index is 1.53. The second-order valence-corrected chi connectivity index (χ2v) is 9.64. The molecule has 2 amide bonds. The topological polar surface area (TPSA) is 114 Å². The number of Topliss-reactive ketones (excluding diaryl/α,β-unsaturated/α-hetero) is 1. The minimum atomic E-state index is -3.89. The summed E-state index contributed by atoms with van der Waals surface area (Å²) in [6.45, 7) is 1.35. The molecule has 0 bridgehead atoms. The Kier molecular flexibility index (Phi) is 4.96. The van der Waals surface area contributed by atoms with E-state index in [2.05, 4.69) is 9.71 Å². The Labute approximate surface area is 176 Å². The maximum absolute atomic E-state index is 12.7. The molecule has 1 N–H and O–H groups in total. The van der Waals surface area contributed by atoms with Crippen LogP contribution >= 0.6 is 11.3 Å². The van der Waals surface area contributed by atoms with E-state index < -0.39 is 21.8 Å². The van der Waals surface area contributed by atoms with Crippen molar-refractivity contribution in [1.29, 1.82) is 0 Å². The molecule has 0 spiro atoms. The van der Waals surface area contributed by atoms with Crippen molar-refractivity contribution in [1.82, 2.24) is 9.88 Å². The number of nitrogens with one attached hydrogen (secondary N) is 1. The van der Waals surface area contributed by atoms with Crippen LogP contribution in [-0.4, -0.2) is 35.9 Å². The SMILES string of the molecule is CC(=O)c1cccc(NS(=O)(=O)c2ccc(CN3C(=O)c4cccnc4C3=O)s2)c1. The van der Waals surface area contributed by atoms with Gasteiger partial charge in [0.15, 0.2) is 5.78 Å². The number of thiophene rings is 1. The fourth-order valence-corrected chi connectivity index (χ4v) is 5.40. The normalized spacial score (nSPS) is 13.4. The summed E-state index contributed by atoms with van der Waals surface area (Å²) in [6.07, 6.45) is 1.44. The van der Waals surface area contributed by atoms with E-state index in [1.807, 2.05) is 0 Å². The van der Waals surface area contributed by atoms with Gasteiger partial charge in [0, 0.05) is 22.3 Å². The van der Waals surface area contributed by atoms with Crippen LogP contribution < -0.4 is 4.72 Å². The lowest BCUT2D eigenvalue weighted by Gasteiger charge is -2.11. The number of pyridine rings is 1. The number of fused-ring (bicyclic) bond motifs is 1. The van der Waals surface area contributed by atoms with Crippen LogP contribution in [0.2, 0.25) is 0 Å². The van der Waals surface area contributed by atoms with E-state index in [0.29, 0.717) is 10.4 Å². The molecule has 0 atom stereocenters. The second-order valence-electron chi connectivity index (χ2n) is 6.56. The van der Waals surface area contributed by atoms with E-state index >= 15 is 0 Å². The van der Waals surface area contributed by atoms with E-state index in [1.54, 1.807) is 30.3 Å². The number of imide groups is 1. The van der Waals surface area contributed by atoms with Crippen molar-refractivity contribution >= 4 is 44.6 Å². The van der Waals surface area contributed by atoms with Gasteiger partial charge in [0.05, 0.1) is 12.1 Å². The quantitative estimate of drug-likeness (QED) is 0.465. The smallest absolute Gasteiger partial charge is 0.280 e. The molecular formula is C20H15N3O5S2. The Hall–Kier alpha value is -3.37. The number of ketones is 1. The molecule has 3 aromatic rings. The molecule has 8 nitrogen and oxygen atoms in total. The summed E-state index contributed by atoms with van der Waals surface area (Å²) < 4.78 is 27.9. The summed E-state index contributed by atoms with van der Waals surface area (Å²) in [5.41, 5.74) is 0.989. The number of rotatable bonds is 6. The van der Waals surface area contributed by atoms with Gasteiger partial charge in [0.25, 0.3) is 21.8 Å². The molecule has 30 heavy (non-hydrogen) atoms. The van der Waals surface area contributed by atoms with E-state index in [9.17, 15) is 22.8 Å². The summed E-state index contributed by atoms with van der Waals surface area (Å²) in [5, 5.41) is 0. The Bertz CT molecular complexity index is 1260. The molecular weight excluding hydrogens is 426 g/mol. The zero-order valence-electron chi connectivity index (χ0n) is 15.7. The van der Waals surface area contributed by atoms with E-state index in [-0.39, 0.29) is 33.5 Å². The predicted molar refractivity (Wildman–Crippen MR) is 110 cm³/mol. The number of nitrogens with zero attached hydrogens (tertiary/aromatic N) is 2. The van der Waals surface area contributed by atoms with Crippen LogP contribution in [0, 0.1) is 0 Å². The van der Waals surface area contributed by atoms with Gasteiger partial charge in [-0.15, -0.1) is 11.3 Å². The number of hydrogen-bond acceptors (Lipinski definition) is 7. The average molecular weight is 441 g/mol. The highest BCUT2D eigenvalue weighted by Crippen LogP contribution is 2.28. The third-order valence-electron chi connectivity index (χ3n) is 4.47. The van der Waals surface area contributed by atoms with Gasteiger partial charge in [-0.3, -0.25) is 29.0 Å². The Morgan fingerprint density at radius 1 is 1.10 bits per heavy atom. The lowest BCUT2D eigenvalue weighted by molar-refractivity contribution is 0.0641. The van der Waals surface area contributed by atoms with Crippen molar-refractivity contribution in [2.24, 2.45) is 0 Å². The summed E-state index contributed by atoms with van der Waals surface area (Å²) in [6, 6.07) is 12.3. The highest BCUT2D eigenvalue weighted by Gasteiger charge is 2.36. The molecule has 2 aromatic heterocycles. The first-order chi connectivity index (χ1) is 14.3. The fourth-order valence-electron chi connectivity index (χ4n) is 3.01. The summed E-state index contributed by atoms with van der Waals surface area (Å²) in [4.78, 5) is 41.9. The number of anilines is 1. The number of benzene rings is 1. The maximum Gasteiger partial charge on any atom is 0.280 e. The molecule has 3 heterocycles. The number of carbonyl (C=O) groups is 3. The summed E-state index contributed by atoms with van der Waals surface area (Å²) in [5.74, 6) is -1.14. The largest absolute Gasteiger partial charge is 0.295 e. The van der Waals surface area contributed by atoms with E-state index in [1.165, 1.54) is 31.3 Å². The third kappa shape index (κ3) is 3.62. The van der Waals surface area contributed by atoms with Crippen LogP contribution in [0.5, 0.6) is 0 Å². The lowest BCUT2D eigenvalue weighted by atomic mass is 10.1. The van der Waals surface area contributed by atoms with Crippen molar-refractivity contribution in [2.45, 2.75) is 17.7 Å². The number of carbonyl (C=O) groups excluding carboxylic acids is 3. The van der Waals surface area contributed by atoms with Crippen LogP contribution in [-0.2, 0) is 16.6 Å². The highest BCUT2D eigenvalue weighted by molar-refractivity contribution is 7.94. The first-order valence-electron chi connectivity index (χ1n) is 8.80.